The normalized spacial score (nSPS) is 18.9. The first kappa shape index (κ1) is 16.3. The molecular weight excluding hydrogens is 258 g/mol. The monoisotopic (exact) mass is 289 g/mol. The van der Waals surface area contributed by atoms with Gasteiger partial charge in [0, 0.05) is 30.9 Å². The van der Waals surface area contributed by atoms with Crippen molar-refractivity contribution in [1.29, 1.82) is 0 Å². The first-order chi connectivity index (χ1) is 10.0. The van der Waals surface area contributed by atoms with Gasteiger partial charge in [-0.05, 0) is 50.6 Å². The maximum atomic E-state index is 4.50. The van der Waals surface area contributed by atoms with Crippen LogP contribution < -0.4 is 5.32 Å². The number of pyridine rings is 1. The lowest BCUT2D eigenvalue weighted by molar-refractivity contribution is 0.123. The average Bonchev–Trinajstić information content (AvgIpc) is 2.46. The summed E-state index contributed by atoms with van der Waals surface area (Å²) in [5, 5.41) is 3.45. The first-order valence-electron chi connectivity index (χ1n) is 8.40. The first-order valence-corrected chi connectivity index (χ1v) is 8.40. The molecule has 118 valence electrons. The Morgan fingerprint density at radius 3 is 2.71 bits per heavy atom. The fourth-order valence-corrected chi connectivity index (χ4v) is 3.19. The zero-order valence-corrected chi connectivity index (χ0v) is 14.2. The van der Waals surface area contributed by atoms with E-state index in [1.807, 2.05) is 12.3 Å². The molecule has 1 aliphatic rings. The third-order valence-electron chi connectivity index (χ3n) is 4.79. The van der Waals surface area contributed by atoms with E-state index in [4.69, 9.17) is 0 Å². The van der Waals surface area contributed by atoms with Crippen molar-refractivity contribution in [2.24, 2.45) is 5.41 Å². The zero-order chi connectivity index (χ0) is 15.3. The maximum absolute atomic E-state index is 4.50. The molecule has 0 radical (unpaired) electrons. The number of nitrogens with zero attached hydrogens (tertiary/aromatic N) is 2. The van der Waals surface area contributed by atoms with Gasteiger partial charge in [0.05, 0.1) is 0 Å². The standard InChI is InChI=1S/C18H31N3/c1-5-12-19-17-15(7-6-13-20-17)14-21(4)16-8-10-18(2,3)11-9-16/h6-7,13,16H,5,8-12,14H2,1-4H3,(H,19,20). The number of anilines is 1. The highest BCUT2D eigenvalue weighted by Crippen LogP contribution is 2.37. The van der Waals surface area contributed by atoms with Gasteiger partial charge >= 0.3 is 0 Å². The molecular formula is C18H31N3. The van der Waals surface area contributed by atoms with Gasteiger partial charge in [0.2, 0.25) is 0 Å². The molecule has 3 nitrogen and oxygen atoms in total. The highest BCUT2D eigenvalue weighted by molar-refractivity contribution is 5.43. The van der Waals surface area contributed by atoms with Crippen LogP contribution in [-0.2, 0) is 6.54 Å². The summed E-state index contributed by atoms with van der Waals surface area (Å²) in [6.07, 6.45) is 8.34. The van der Waals surface area contributed by atoms with Crippen molar-refractivity contribution >= 4 is 5.82 Å². The topological polar surface area (TPSA) is 28.2 Å². The van der Waals surface area contributed by atoms with Crippen LogP contribution in [0.4, 0.5) is 5.82 Å². The summed E-state index contributed by atoms with van der Waals surface area (Å²) in [5.41, 5.74) is 1.86. The molecule has 3 heteroatoms. The third-order valence-corrected chi connectivity index (χ3v) is 4.79. The molecule has 0 atom stereocenters. The Labute approximate surface area is 130 Å². The number of rotatable bonds is 6. The van der Waals surface area contributed by atoms with Crippen LogP contribution in [0.2, 0.25) is 0 Å². The molecule has 1 saturated carbocycles. The van der Waals surface area contributed by atoms with Gasteiger partial charge in [-0.1, -0.05) is 26.8 Å². The van der Waals surface area contributed by atoms with Crippen molar-refractivity contribution in [2.75, 3.05) is 18.9 Å². The quantitative estimate of drug-likeness (QED) is 0.846. The van der Waals surface area contributed by atoms with Crippen molar-refractivity contribution in [3.05, 3.63) is 23.9 Å². The lowest BCUT2D eigenvalue weighted by atomic mass is 9.75. The molecule has 0 amide bonds. The van der Waals surface area contributed by atoms with Gasteiger partial charge in [0.15, 0.2) is 0 Å². The lowest BCUT2D eigenvalue weighted by Crippen LogP contribution is -2.36. The number of aromatic nitrogens is 1. The Hall–Kier alpha value is -1.09. The molecule has 1 N–H and O–H groups in total. The molecule has 0 saturated heterocycles. The van der Waals surface area contributed by atoms with E-state index in [0.717, 1.165) is 31.4 Å². The molecule has 0 aliphatic heterocycles. The van der Waals surface area contributed by atoms with E-state index >= 15 is 0 Å². The summed E-state index contributed by atoms with van der Waals surface area (Å²) in [6.45, 7) is 8.97. The second-order valence-corrected chi connectivity index (χ2v) is 7.25. The van der Waals surface area contributed by atoms with Crippen LogP contribution >= 0.6 is 0 Å². The van der Waals surface area contributed by atoms with Gasteiger partial charge in [0.1, 0.15) is 5.82 Å². The molecule has 2 rings (SSSR count). The molecule has 0 spiro atoms. The molecule has 1 fully saturated rings. The minimum atomic E-state index is 0.541. The van der Waals surface area contributed by atoms with Crippen molar-refractivity contribution < 1.29 is 0 Å². The van der Waals surface area contributed by atoms with Crippen molar-refractivity contribution in [3.63, 3.8) is 0 Å². The second-order valence-electron chi connectivity index (χ2n) is 7.25. The van der Waals surface area contributed by atoms with Crippen molar-refractivity contribution in [2.45, 2.75) is 65.5 Å². The van der Waals surface area contributed by atoms with E-state index < -0.39 is 0 Å². The zero-order valence-electron chi connectivity index (χ0n) is 14.2. The van der Waals surface area contributed by atoms with E-state index in [1.165, 1.54) is 31.2 Å². The molecule has 1 aliphatic carbocycles. The molecule has 0 aromatic carbocycles. The molecule has 1 aromatic heterocycles. The molecule has 1 aromatic rings. The summed E-state index contributed by atoms with van der Waals surface area (Å²) < 4.78 is 0. The van der Waals surface area contributed by atoms with Gasteiger partial charge in [-0.3, -0.25) is 4.90 Å². The lowest BCUT2D eigenvalue weighted by Gasteiger charge is -2.38. The Kier molecular flexibility index (Phi) is 5.63. The fourth-order valence-electron chi connectivity index (χ4n) is 3.19. The van der Waals surface area contributed by atoms with Gasteiger partial charge in [-0.2, -0.15) is 0 Å². The Morgan fingerprint density at radius 1 is 1.33 bits per heavy atom. The van der Waals surface area contributed by atoms with Crippen molar-refractivity contribution in [1.82, 2.24) is 9.88 Å². The van der Waals surface area contributed by atoms with Crippen LogP contribution in [0.3, 0.4) is 0 Å². The Balaban J connectivity index is 1.95. The largest absolute Gasteiger partial charge is 0.370 e. The fraction of sp³-hybridized carbons (Fsp3) is 0.722. The predicted octanol–water partition coefficient (Wildman–Crippen LogP) is 4.30. The van der Waals surface area contributed by atoms with Crippen LogP contribution in [0.25, 0.3) is 0 Å². The van der Waals surface area contributed by atoms with Gasteiger partial charge in [-0.25, -0.2) is 4.98 Å². The van der Waals surface area contributed by atoms with Crippen LogP contribution in [0.15, 0.2) is 18.3 Å². The molecule has 0 bridgehead atoms. The predicted molar refractivity (Wildman–Crippen MR) is 90.5 cm³/mol. The van der Waals surface area contributed by atoms with Crippen molar-refractivity contribution in [3.8, 4) is 0 Å². The summed E-state index contributed by atoms with van der Waals surface area (Å²) in [5.74, 6) is 1.06. The molecule has 0 unspecified atom stereocenters. The van der Waals surface area contributed by atoms with E-state index in [0.29, 0.717) is 5.41 Å². The Morgan fingerprint density at radius 2 is 2.05 bits per heavy atom. The maximum Gasteiger partial charge on any atom is 0.130 e. The summed E-state index contributed by atoms with van der Waals surface area (Å²) >= 11 is 0. The van der Waals surface area contributed by atoms with Gasteiger partial charge in [-0.15, -0.1) is 0 Å². The van der Waals surface area contributed by atoms with Crippen LogP contribution in [0.1, 0.15) is 58.4 Å². The second kappa shape index (κ2) is 7.26. The number of hydrogen-bond acceptors (Lipinski definition) is 3. The van der Waals surface area contributed by atoms with E-state index in [-0.39, 0.29) is 0 Å². The van der Waals surface area contributed by atoms with Crippen LogP contribution in [-0.4, -0.2) is 29.5 Å². The van der Waals surface area contributed by atoms with E-state index in [9.17, 15) is 0 Å². The Bertz CT molecular complexity index is 432. The number of nitrogens with one attached hydrogen (secondary N) is 1. The average molecular weight is 289 g/mol. The summed E-state index contributed by atoms with van der Waals surface area (Å²) in [4.78, 5) is 7.02. The highest BCUT2D eigenvalue weighted by atomic mass is 15.1. The van der Waals surface area contributed by atoms with E-state index in [1.54, 1.807) is 0 Å². The molecule has 21 heavy (non-hydrogen) atoms. The van der Waals surface area contributed by atoms with Crippen LogP contribution in [0.5, 0.6) is 0 Å². The summed E-state index contributed by atoms with van der Waals surface area (Å²) in [6, 6.07) is 4.97. The minimum absolute atomic E-state index is 0.541. The van der Waals surface area contributed by atoms with Gasteiger partial charge < -0.3 is 5.32 Å². The van der Waals surface area contributed by atoms with Crippen LogP contribution in [0, 0.1) is 5.41 Å². The smallest absolute Gasteiger partial charge is 0.130 e. The third kappa shape index (κ3) is 4.70. The SMILES string of the molecule is CCCNc1ncccc1CN(C)C1CCC(C)(C)CC1. The molecule has 1 heterocycles. The number of hydrogen-bond donors (Lipinski definition) is 1. The highest BCUT2D eigenvalue weighted by Gasteiger charge is 2.28. The minimum Gasteiger partial charge on any atom is -0.370 e. The van der Waals surface area contributed by atoms with Gasteiger partial charge in [0.25, 0.3) is 0 Å². The summed E-state index contributed by atoms with van der Waals surface area (Å²) in [7, 11) is 2.26. The van der Waals surface area contributed by atoms with E-state index in [2.05, 4.69) is 49.1 Å².